The van der Waals surface area contributed by atoms with Gasteiger partial charge in [0, 0.05) is 12.7 Å². The molecule has 1 heterocycles. The standard InChI is InChI=1S/C10H13NO4/c1-5-4-7(10(14)15)11(3)8(5)6(2)9(12)13/h4,6H,1-3H3,(H,12,13)(H,14,15). The van der Waals surface area contributed by atoms with Gasteiger partial charge in [-0.15, -0.1) is 0 Å². The van der Waals surface area contributed by atoms with Crippen LogP contribution in [0.2, 0.25) is 0 Å². The van der Waals surface area contributed by atoms with Crippen molar-refractivity contribution in [2.75, 3.05) is 0 Å². The maximum Gasteiger partial charge on any atom is 0.352 e. The summed E-state index contributed by atoms with van der Waals surface area (Å²) in [4.78, 5) is 21.6. The van der Waals surface area contributed by atoms with Crippen LogP contribution in [0, 0.1) is 6.92 Å². The van der Waals surface area contributed by atoms with Gasteiger partial charge in [-0.3, -0.25) is 4.79 Å². The SMILES string of the molecule is Cc1cc(C(=O)O)n(C)c1C(C)C(=O)O. The van der Waals surface area contributed by atoms with Gasteiger partial charge >= 0.3 is 11.9 Å². The highest BCUT2D eigenvalue weighted by Crippen LogP contribution is 2.23. The van der Waals surface area contributed by atoms with Gasteiger partial charge in [0.1, 0.15) is 5.69 Å². The summed E-state index contributed by atoms with van der Waals surface area (Å²) in [6.45, 7) is 3.25. The number of aromatic nitrogens is 1. The smallest absolute Gasteiger partial charge is 0.352 e. The van der Waals surface area contributed by atoms with E-state index in [1.54, 1.807) is 14.0 Å². The molecule has 1 aromatic heterocycles. The third-order valence-corrected chi connectivity index (χ3v) is 2.48. The van der Waals surface area contributed by atoms with E-state index in [1.165, 1.54) is 17.6 Å². The van der Waals surface area contributed by atoms with Crippen LogP contribution in [0.25, 0.3) is 0 Å². The number of carbonyl (C=O) groups is 2. The maximum absolute atomic E-state index is 10.8. The summed E-state index contributed by atoms with van der Waals surface area (Å²) in [5.74, 6) is -2.72. The summed E-state index contributed by atoms with van der Waals surface area (Å²) in [7, 11) is 1.56. The monoisotopic (exact) mass is 211 g/mol. The summed E-state index contributed by atoms with van der Waals surface area (Å²) in [6.07, 6.45) is 0. The Hall–Kier alpha value is -1.78. The van der Waals surface area contributed by atoms with Crippen molar-refractivity contribution in [1.29, 1.82) is 0 Å². The number of aryl methyl sites for hydroxylation is 1. The second-order valence-electron chi connectivity index (χ2n) is 3.52. The minimum atomic E-state index is -1.05. The average molecular weight is 211 g/mol. The van der Waals surface area contributed by atoms with Gasteiger partial charge in [-0.2, -0.15) is 0 Å². The van der Waals surface area contributed by atoms with E-state index in [0.29, 0.717) is 11.3 Å². The molecule has 5 heteroatoms. The molecule has 2 N–H and O–H groups in total. The zero-order valence-electron chi connectivity index (χ0n) is 8.81. The Morgan fingerprint density at radius 3 is 2.27 bits per heavy atom. The van der Waals surface area contributed by atoms with Crippen molar-refractivity contribution >= 4 is 11.9 Å². The number of hydrogen-bond acceptors (Lipinski definition) is 2. The maximum atomic E-state index is 10.8. The molecule has 0 aromatic carbocycles. The van der Waals surface area contributed by atoms with Gasteiger partial charge in [0.05, 0.1) is 5.92 Å². The number of hydrogen-bond donors (Lipinski definition) is 2. The van der Waals surface area contributed by atoms with Crippen molar-refractivity contribution in [2.24, 2.45) is 7.05 Å². The molecule has 15 heavy (non-hydrogen) atoms. The molecule has 0 saturated heterocycles. The van der Waals surface area contributed by atoms with Crippen molar-refractivity contribution in [3.63, 3.8) is 0 Å². The zero-order chi connectivity index (χ0) is 11.7. The molecule has 0 aliphatic rings. The van der Waals surface area contributed by atoms with Gasteiger partial charge in [-0.25, -0.2) is 4.79 Å². The lowest BCUT2D eigenvalue weighted by atomic mass is 10.1. The molecule has 0 bridgehead atoms. The molecule has 0 amide bonds. The minimum absolute atomic E-state index is 0.107. The van der Waals surface area contributed by atoms with E-state index in [2.05, 4.69) is 0 Å². The van der Waals surface area contributed by atoms with Crippen LogP contribution < -0.4 is 0 Å². The van der Waals surface area contributed by atoms with E-state index in [-0.39, 0.29) is 5.69 Å². The molecule has 1 atom stereocenters. The second-order valence-corrected chi connectivity index (χ2v) is 3.52. The fourth-order valence-corrected chi connectivity index (χ4v) is 1.72. The van der Waals surface area contributed by atoms with Crippen LogP contribution in [-0.2, 0) is 11.8 Å². The number of carboxylic acids is 2. The van der Waals surface area contributed by atoms with Gasteiger partial charge in [0.25, 0.3) is 0 Å². The first kappa shape index (κ1) is 11.3. The van der Waals surface area contributed by atoms with Crippen molar-refractivity contribution in [2.45, 2.75) is 19.8 Å². The molecule has 1 rings (SSSR count). The van der Waals surface area contributed by atoms with Crippen LogP contribution in [0.1, 0.15) is 34.6 Å². The van der Waals surface area contributed by atoms with E-state index >= 15 is 0 Å². The van der Waals surface area contributed by atoms with Crippen LogP contribution in [0.5, 0.6) is 0 Å². The van der Waals surface area contributed by atoms with Crippen LogP contribution >= 0.6 is 0 Å². The number of nitrogens with zero attached hydrogens (tertiary/aromatic N) is 1. The fourth-order valence-electron chi connectivity index (χ4n) is 1.72. The Balaban J connectivity index is 3.31. The molecule has 0 aliphatic carbocycles. The molecular formula is C10H13NO4. The molecule has 0 saturated carbocycles. The van der Waals surface area contributed by atoms with Gasteiger partial charge in [-0.1, -0.05) is 0 Å². The Morgan fingerprint density at radius 1 is 1.40 bits per heavy atom. The fraction of sp³-hybridized carbons (Fsp3) is 0.400. The largest absolute Gasteiger partial charge is 0.481 e. The third kappa shape index (κ3) is 1.86. The molecule has 1 aromatic rings. The third-order valence-electron chi connectivity index (χ3n) is 2.48. The van der Waals surface area contributed by atoms with E-state index in [1.807, 2.05) is 0 Å². The van der Waals surface area contributed by atoms with Crippen LogP contribution in [0.4, 0.5) is 0 Å². The van der Waals surface area contributed by atoms with Gasteiger partial charge in [0.2, 0.25) is 0 Å². The highest BCUT2D eigenvalue weighted by atomic mass is 16.4. The predicted octanol–water partition coefficient (Wildman–Crippen LogP) is 1.22. The summed E-state index contributed by atoms with van der Waals surface area (Å²) < 4.78 is 1.41. The summed E-state index contributed by atoms with van der Waals surface area (Å²) in [5, 5.41) is 17.7. The molecule has 0 fully saturated rings. The van der Waals surface area contributed by atoms with Crippen LogP contribution in [0.15, 0.2) is 6.07 Å². The van der Waals surface area contributed by atoms with Gasteiger partial charge in [0.15, 0.2) is 0 Å². The molecule has 0 radical (unpaired) electrons. The van der Waals surface area contributed by atoms with Gasteiger partial charge < -0.3 is 14.8 Å². The molecule has 0 spiro atoms. The lowest BCUT2D eigenvalue weighted by Crippen LogP contribution is -2.14. The van der Waals surface area contributed by atoms with Gasteiger partial charge in [-0.05, 0) is 25.5 Å². The van der Waals surface area contributed by atoms with Crippen molar-refractivity contribution in [3.05, 3.63) is 23.0 Å². The summed E-state index contributed by atoms with van der Waals surface area (Å²) in [5.41, 5.74) is 1.32. The quantitative estimate of drug-likeness (QED) is 0.787. The highest BCUT2D eigenvalue weighted by molar-refractivity contribution is 5.87. The highest BCUT2D eigenvalue weighted by Gasteiger charge is 2.23. The molecule has 82 valence electrons. The second kappa shape index (κ2) is 3.76. The molecule has 5 nitrogen and oxygen atoms in total. The lowest BCUT2D eigenvalue weighted by molar-refractivity contribution is -0.138. The predicted molar refractivity (Wildman–Crippen MR) is 53.2 cm³/mol. The molecular weight excluding hydrogens is 198 g/mol. The van der Waals surface area contributed by atoms with Crippen molar-refractivity contribution < 1.29 is 19.8 Å². The Kier molecular flexibility index (Phi) is 2.83. The van der Waals surface area contributed by atoms with Crippen molar-refractivity contribution in [3.8, 4) is 0 Å². The first-order chi connectivity index (χ1) is 6.86. The van der Waals surface area contributed by atoms with Crippen molar-refractivity contribution in [1.82, 2.24) is 4.57 Å². The average Bonchev–Trinajstić information content (AvgIpc) is 2.41. The topological polar surface area (TPSA) is 79.5 Å². The number of carboxylic acid groups (broad SMARTS) is 2. The van der Waals surface area contributed by atoms with Crippen LogP contribution in [-0.4, -0.2) is 26.7 Å². The number of rotatable bonds is 3. The van der Waals surface area contributed by atoms with E-state index < -0.39 is 17.9 Å². The Labute approximate surface area is 87.0 Å². The zero-order valence-corrected chi connectivity index (χ0v) is 8.81. The number of aliphatic carboxylic acids is 1. The molecule has 0 aliphatic heterocycles. The first-order valence-corrected chi connectivity index (χ1v) is 4.48. The van der Waals surface area contributed by atoms with E-state index in [9.17, 15) is 9.59 Å². The summed E-state index contributed by atoms with van der Waals surface area (Å²) >= 11 is 0. The van der Waals surface area contributed by atoms with Crippen LogP contribution in [0.3, 0.4) is 0 Å². The summed E-state index contributed by atoms with van der Waals surface area (Å²) in [6, 6.07) is 1.48. The first-order valence-electron chi connectivity index (χ1n) is 4.48. The lowest BCUT2D eigenvalue weighted by Gasteiger charge is -2.10. The minimum Gasteiger partial charge on any atom is -0.481 e. The number of aromatic carboxylic acids is 1. The normalized spacial score (nSPS) is 12.5. The Morgan fingerprint density at radius 2 is 1.93 bits per heavy atom. The van der Waals surface area contributed by atoms with E-state index in [4.69, 9.17) is 10.2 Å². The Bertz CT molecular complexity index is 419. The van der Waals surface area contributed by atoms with E-state index in [0.717, 1.165) is 0 Å². The molecule has 1 unspecified atom stereocenters.